The Bertz CT molecular complexity index is 4110. The van der Waals surface area contributed by atoms with Gasteiger partial charge in [0.25, 0.3) is 0 Å². The summed E-state index contributed by atoms with van der Waals surface area (Å²) < 4.78 is 11.5. The van der Waals surface area contributed by atoms with Gasteiger partial charge in [-0.05, 0) is 124 Å². The molecule has 1 aliphatic rings. The number of anilines is 3. The Kier molecular flexibility index (Phi) is 8.20. The minimum absolute atomic E-state index is 0.0902. The fourth-order valence-corrected chi connectivity index (χ4v) is 12.3. The predicted molar refractivity (Wildman–Crippen MR) is 284 cm³/mol. The summed E-state index contributed by atoms with van der Waals surface area (Å²) in [5.74, 6) is 0. The molecular weight excluding hydrogens is 833 g/mol. The van der Waals surface area contributed by atoms with E-state index in [0.717, 1.165) is 50.1 Å². The minimum atomic E-state index is -0.0902. The van der Waals surface area contributed by atoms with Crippen LogP contribution < -0.4 is 4.90 Å². The zero-order valence-corrected chi connectivity index (χ0v) is 37.8. The van der Waals surface area contributed by atoms with Crippen LogP contribution in [0.5, 0.6) is 0 Å². The van der Waals surface area contributed by atoms with Crippen molar-refractivity contribution in [2.24, 2.45) is 0 Å². The number of furan rings is 1. The van der Waals surface area contributed by atoms with Crippen LogP contribution in [0.15, 0.2) is 223 Å². The molecular formula is C63H42N2OS. The third-order valence-corrected chi connectivity index (χ3v) is 15.5. The second-order valence-electron chi connectivity index (χ2n) is 18.4. The van der Waals surface area contributed by atoms with E-state index in [-0.39, 0.29) is 5.41 Å². The molecule has 0 unspecified atom stereocenters. The van der Waals surface area contributed by atoms with Crippen molar-refractivity contribution in [1.82, 2.24) is 4.57 Å². The first-order valence-electron chi connectivity index (χ1n) is 23.1. The average molecular weight is 875 g/mol. The minimum Gasteiger partial charge on any atom is -0.455 e. The molecule has 13 aromatic rings. The molecule has 3 heterocycles. The first kappa shape index (κ1) is 38.1. The van der Waals surface area contributed by atoms with Gasteiger partial charge in [-0.1, -0.05) is 147 Å². The molecule has 0 amide bonds. The Labute approximate surface area is 392 Å². The number of rotatable bonds is 6. The first-order chi connectivity index (χ1) is 33.0. The topological polar surface area (TPSA) is 21.3 Å². The molecule has 14 rings (SSSR count). The van der Waals surface area contributed by atoms with Gasteiger partial charge in [0.15, 0.2) is 0 Å². The molecule has 0 spiro atoms. The Morgan fingerprint density at radius 2 is 1.07 bits per heavy atom. The van der Waals surface area contributed by atoms with Crippen molar-refractivity contribution in [3.8, 4) is 39.1 Å². The zero-order chi connectivity index (χ0) is 44.4. The summed E-state index contributed by atoms with van der Waals surface area (Å²) in [7, 11) is 0. The molecule has 0 N–H and O–H groups in total. The molecule has 67 heavy (non-hydrogen) atoms. The van der Waals surface area contributed by atoms with Crippen LogP contribution in [0.3, 0.4) is 0 Å². The van der Waals surface area contributed by atoms with Gasteiger partial charge in [-0.15, -0.1) is 11.3 Å². The molecule has 0 bridgehead atoms. The lowest BCUT2D eigenvalue weighted by Crippen LogP contribution is -2.14. The van der Waals surface area contributed by atoms with Crippen molar-refractivity contribution in [2.75, 3.05) is 4.90 Å². The Balaban J connectivity index is 0.908. The van der Waals surface area contributed by atoms with E-state index in [1.165, 1.54) is 81.0 Å². The fraction of sp³-hybridized carbons (Fsp3) is 0.0476. The van der Waals surface area contributed by atoms with Gasteiger partial charge in [-0.3, -0.25) is 0 Å². The number of para-hydroxylation sites is 3. The SMILES string of the molecule is CC1(C)c2ccccc2-c2cc3c4cc(-c5ccc(N(c6ccc(-c7cccc8c7oc7ccccc78)cc6)c6cccc7sc8ccccc8c67)cc5)ccc4n(-c4ccccc4)c3cc21. The van der Waals surface area contributed by atoms with E-state index in [1.807, 2.05) is 23.5 Å². The fourth-order valence-electron chi connectivity index (χ4n) is 11.2. The van der Waals surface area contributed by atoms with Gasteiger partial charge in [0.1, 0.15) is 11.2 Å². The van der Waals surface area contributed by atoms with Crippen LogP contribution in [0.2, 0.25) is 0 Å². The average Bonchev–Trinajstić information content (AvgIpc) is 4.11. The van der Waals surface area contributed by atoms with Gasteiger partial charge >= 0.3 is 0 Å². The third kappa shape index (κ3) is 5.70. The molecule has 0 atom stereocenters. The smallest absolute Gasteiger partial charge is 0.143 e. The number of hydrogen-bond acceptors (Lipinski definition) is 3. The van der Waals surface area contributed by atoms with E-state index in [1.54, 1.807) is 0 Å². The summed E-state index contributed by atoms with van der Waals surface area (Å²) in [4.78, 5) is 2.42. The lowest BCUT2D eigenvalue weighted by atomic mass is 9.82. The molecule has 1 aliphatic carbocycles. The number of nitrogens with zero attached hydrogens (tertiary/aromatic N) is 2. The molecule has 0 aliphatic heterocycles. The summed E-state index contributed by atoms with van der Waals surface area (Å²) in [5.41, 5.74) is 18.7. The van der Waals surface area contributed by atoms with Gasteiger partial charge < -0.3 is 13.9 Å². The largest absolute Gasteiger partial charge is 0.455 e. The molecule has 3 aromatic heterocycles. The van der Waals surface area contributed by atoms with Crippen LogP contribution in [0.4, 0.5) is 17.1 Å². The van der Waals surface area contributed by atoms with Crippen LogP contribution >= 0.6 is 11.3 Å². The molecule has 4 heteroatoms. The van der Waals surface area contributed by atoms with Crippen LogP contribution in [0.1, 0.15) is 25.0 Å². The molecule has 0 fully saturated rings. The summed E-state index contributed by atoms with van der Waals surface area (Å²) in [6.45, 7) is 4.73. The number of benzene rings is 10. The molecule has 0 saturated heterocycles. The van der Waals surface area contributed by atoms with E-state index in [4.69, 9.17) is 4.42 Å². The number of hydrogen-bond donors (Lipinski definition) is 0. The quantitative estimate of drug-likeness (QED) is 0.166. The second-order valence-corrected chi connectivity index (χ2v) is 19.5. The maximum atomic E-state index is 6.48. The van der Waals surface area contributed by atoms with E-state index in [0.29, 0.717) is 0 Å². The standard InChI is InChI=1S/C63H42N2OS/c1-63(2)53-21-9-6-16-46(53)50-37-52-51-36-41(30-35-55(51)65(57(52)38-54(50)63)42-14-4-3-5-15-42)39-26-31-43(32-27-39)64(56-22-13-25-60-61(56)49-18-8-11-24-59(49)67-60)44-33-28-40(29-34-44)45-19-12-20-48-47-17-7-10-23-58(47)66-62(45)48/h3-38H,1-2H3. The van der Waals surface area contributed by atoms with Crippen LogP contribution in [-0.4, -0.2) is 4.57 Å². The van der Waals surface area contributed by atoms with Crippen molar-refractivity contribution in [3.63, 3.8) is 0 Å². The molecule has 10 aromatic carbocycles. The summed E-state index contributed by atoms with van der Waals surface area (Å²) >= 11 is 1.85. The molecule has 316 valence electrons. The normalized spacial score (nSPS) is 13.0. The second kappa shape index (κ2) is 14.4. The van der Waals surface area contributed by atoms with Crippen molar-refractivity contribution >= 4 is 92.3 Å². The van der Waals surface area contributed by atoms with E-state index in [2.05, 4.69) is 230 Å². The van der Waals surface area contributed by atoms with Gasteiger partial charge in [-0.25, -0.2) is 0 Å². The zero-order valence-electron chi connectivity index (χ0n) is 37.0. The number of fused-ring (bicyclic) bond motifs is 12. The lowest BCUT2D eigenvalue weighted by Gasteiger charge is -2.27. The van der Waals surface area contributed by atoms with E-state index in [9.17, 15) is 0 Å². The maximum absolute atomic E-state index is 6.48. The Hall–Kier alpha value is -8.18. The highest BCUT2D eigenvalue weighted by molar-refractivity contribution is 7.26. The highest BCUT2D eigenvalue weighted by Crippen LogP contribution is 2.52. The Morgan fingerprint density at radius 1 is 0.433 bits per heavy atom. The maximum Gasteiger partial charge on any atom is 0.143 e. The van der Waals surface area contributed by atoms with Crippen molar-refractivity contribution < 1.29 is 4.42 Å². The highest BCUT2D eigenvalue weighted by atomic mass is 32.1. The summed E-state index contributed by atoms with van der Waals surface area (Å²) in [6.07, 6.45) is 0. The predicted octanol–water partition coefficient (Wildman–Crippen LogP) is 18.2. The van der Waals surface area contributed by atoms with E-state index >= 15 is 0 Å². The van der Waals surface area contributed by atoms with Gasteiger partial charge in [-0.2, -0.15) is 0 Å². The van der Waals surface area contributed by atoms with Crippen LogP contribution in [0, 0.1) is 0 Å². The molecule has 3 nitrogen and oxygen atoms in total. The Morgan fingerprint density at radius 3 is 1.91 bits per heavy atom. The van der Waals surface area contributed by atoms with Crippen molar-refractivity contribution in [2.45, 2.75) is 19.3 Å². The van der Waals surface area contributed by atoms with Crippen LogP contribution in [0.25, 0.3) is 103 Å². The summed E-state index contributed by atoms with van der Waals surface area (Å²) in [6, 6.07) is 80.1. The van der Waals surface area contributed by atoms with E-state index < -0.39 is 0 Å². The van der Waals surface area contributed by atoms with Gasteiger partial charge in [0.05, 0.1) is 16.7 Å². The van der Waals surface area contributed by atoms with Crippen LogP contribution in [-0.2, 0) is 5.41 Å². The van der Waals surface area contributed by atoms with Gasteiger partial charge in [0.2, 0.25) is 0 Å². The van der Waals surface area contributed by atoms with Crippen molar-refractivity contribution in [3.05, 3.63) is 230 Å². The lowest BCUT2D eigenvalue weighted by molar-refractivity contribution is 0.661. The first-order valence-corrected chi connectivity index (χ1v) is 23.9. The molecule has 0 saturated carbocycles. The monoisotopic (exact) mass is 874 g/mol. The summed E-state index contributed by atoms with van der Waals surface area (Å²) in [5, 5.41) is 7.33. The van der Waals surface area contributed by atoms with Gasteiger partial charge in [0, 0.05) is 69.8 Å². The number of aromatic nitrogens is 1. The third-order valence-electron chi connectivity index (χ3n) is 14.4. The number of thiophene rings is 1. The molecule has 0 radical (unpaired) electrons. The van der Waals surface area contributed by atoms with Crippen molar-refractivity contribution in [1.29, 1.82) is 0 Å². The highest BCUT2D eigenvalue weighted by Gasteiger charge is 2.36.